The Morgan fingerprint density at radius 2 is 1.24 bits per heavy atom. The average molecular weight is 641 g/mol. The number of rotatable bonds is 7. The van der Waals surface area contributed by atoms with E-state index in [1.807, 2.05) is 0 Å². The van der Waals surface area contributed by atoms with Crippen LogP contribution in [-0.4, -0.2) is 9.13 Å². The highest BCUT2D eigenvalue weighted by Gasteiger charge is 2.26. The van der Waals surface area contributed by atoms with Crippen molar-refractivity contribution in [2.75, 3.05) is 0 Å². The second-order valence-electron chi connectivity index (χ2n) is 15.9. The lowest BCUT2D eigenvalue weighted by Gasteiger charge is -2.32. The fourth-order valence-corrected chi connectivity index (χ4v) is 8.36. The summed E-state index contributed by atoms with van der Waals surface area (Å²) in [6.45, 7) is 14.3. The van der Waals surface area contributed by atoms with Crippen molar-refractivity contribution in [3.63, 3.8) is 0 Å². The molecule has 0 amide bonds. The van der Waals surface area contributed by atoms with Gasteiger partial charge in [-0.05, 0) is 108 Å². The molecular formula is C47H48N2. The zero-order valence-electron chi connectivity index (χ0n) is 29.9. The van der Waals surface area contributed by atoms with Crippen LogP contribution in [0.2, 0.25) is 0 Å². The van der Waals surface area contributed by atoms with Gasteiger partial charge in [-0.2, -0.15) is 0 Å². The van der Waals surface area contributed by atoms with Gasteiger partial charge in [0, 0.05) is 32.9 Å². The van der Waals surface area contributed by atoms with Gasteiger partial charge < -0.3 is 9.13 Å². The van der Waals surface area contributed by atoms with Crippen molar-refractivity contribution in [1.82, 2.24) is 9.13 Å². The fourth-order valence-electron chi connectivity index (χ4n) is 8.36. The molecule has 0 radical (unpaired) electrons. The molecule has 7 aromatic rings. The van der Waals surface area contributed by atoms with E-state index < -0.39 is 0 Å². The van der Waals surface area contributed by atoms with Gasteiger partial charge in [-0.25, -0.2) is 0 Å². The van der Waals surface area contributed by atoms with Crippen LogP contribution in [0.4, 0.5) is 0 Å². The van der Waals surface area contributed by atoms with Crippen molar-refractivity contribution in [3.05, 3.63) is 139 Å². The van der Waals surface area contributed by atoms with Crippen LogP contribution >= 0.6 is 0 Å². The lowest BCUT2D eigenvalue weighted by molar-refractivity contribution is 0.203. The molecule has 2 heterocycles. The minimum atomic E-state index is 0.269. The quantitative estimate of drug-likeness (QED) is 0.164. The third-order valence-corrected chi connectivity index (χ3v) is 11.0. The number of nitrogens with zero attached hydrogens (tertiary/aromatic N) is 2. The lowest BCUT2D eigenvalue weighted by atomic mass is 9.73. The topological polar surface area (TPSA) is 9.86 Å². The Labute approximate surface area is 291 Å². The van der Waals surface area contributed by atoms with Crippen LogP contribution in [0.15, 0.2) is 127 Å². The minimum absolute atomic E-state index is 0.269. The van der Waals surface area contributed by atoms with Gasteiger partial charge in [-0.15, -0.1) is 0 Å². The van der Waals surface area contributed by atoms with Crippen LogP contribution < -0.4 is 0 Å². The highest BCUT2D eigenvalue weighted by atomic mass is 15.0. The number of para-hydroxylation sites is 3. The van der Waals surface area contributed by atoms with Gasteiger partial charge in [-0.3, -0.25) is 0 Å². The number of aromatic nitrogens is 2. The Morgan fingerprint density at radius 1 is 0.653 bits per heavy atom. The second-order valence-corrected chi connectivity index (χ2v) is 15.9. The fraction of sp³-hybridized carbons (Fsp3) is 0.277. The molecule has 49 heavy (non-hydrogen) atoms. The normalized spacial score (nSPS) is 16.2. The van der Waals surface area contributed by atoms with Gasteiger partial charge >= 0.3 is 0 Å². The molecule has 2 nitrogen and oxygen atoms in total. The summed E-state index contributed by atoms with van der Waals surface area (Å²) in [7, 11) is 0. The van der Waals surface area contributed by atoms with Crippen LogP contribution in [0.5, 0.6) is 0 Å². The van der Waals surface area contributed by atoms with E-state index in [-0.39, 0.29) is 5.41 Å². The maximum atomic E-state index is 2.48. The minimum Gasteiger partial charge on any atom is -0.310 e. The molecule has 2 unspecified atom stereocenters. The number of benzene rings is 5. The number of hydrogen-bond acceptors (Lipinski definition) is 0. The summed E-state index contributed by atoms with van der Waals surface area (Å²) in [5.74, 6) is 1.76. The zero-order chi connectivity index (χ0) is 33.9. The maximum absolute atomic E-state index is 2.48. The van der Waals surface area contributed by atoms with E-state index in [1.165, 1.54) is 78.1 Å². The highest BCUT2D eigenvalue weighted by Crippen LogP contribution is 2.41. The van der Waals surface area contributed by atoms with Crippen LogP contribution in [0.3, 0.4) is 0 Å². The lowest BCUT2D eigenvalue weighted by Crippen LogP contribution is -2.24. The summed E-state index contributed by atoms with van der Waals surface area (Å²) < 4.78 is 4.94. The molecule has 2 heteroatoms. The van der Waals surface area contributed by atoms with Crippen LogP contribution in [0, 0.1) is 23.2 Å². The summed E-state index contributed by atoms with van der Waals surface area (Å²) in [4.78, 5) is 0. The molecule has 1 aliphatic carbocycles. The predicted octanol–water partition coefficient (Wildman–Crippen LogP) is 13.1. The van der Waals surface area contributed by atoms with Gasteiger partial charge in [0.15, 0.2) is 0 Å². The van der Waals surface area contributed by atoms with Crippen molar-refractivity contribution in [2.24, 2.45) is 23.2 Å². The van der Waals surface area contributed by atoms with Crippen molar-refractivity contribution in [1.29, 1.82) is 0 Å². The van der Waals surface area contributed by atoms with Crippen molar-refractivity contribution < 1.29 is 0 Å². The Bertz CT molecular complexity index is 2350. The molecule has 1 aliphatic rings. The number of hydrogen-bond donors (Lipinski definition) is 0. The first-order valence-electron chi connectivity index (χ1n) is 18.2. The Hall–Kier alpha value is -4.82. The summed E-state index contributed by atoms with van der Waals surface area (Å²) in [6.07, 6.45) is 8.23. The molecule has 0 bridgehead atoms. The Morgan fingerprint density at radius 3 is 1.88 bits per heavy atom. The zero-order valence-corrected chi connectivity index (χ0v) is 29.9. The van der Waals surface area contributed by atoms with E-state index in [0.717, 1.165) is 12.8 Å². The molecule has 0 saturated heterocycles. The number of fused-ring (bicyclic) bond motifs is 6. The largest absolute Gasteiger partial charge is 0.310 e. The molecule has 2 aromatic heterocycles. The van der Waals surface area contributed by atoms with E-state index in [4.69, 9.17) is 0 Å². The van der Waals surface area contributed by atoms with Gasteiger partial charge in [0.2, 0.25) is 0 Å². The summed E-state index contributed by atoms with van der Waals surface area (Å²) >= 11 is 0. The first-order chi connectivity index (χ1) is 23.7. The Balaban J connectivity index is 1.23. The van der Waals surface area contributed by atoms with E-state index >= 15 is 0 Å². The molecule has 0 spiro atoms. The molecule has 0 fully saturated rings. The average Bonchev–Trinajstić information content (AvgIpc) is 3.61. The van der Waals surface area contributed by atoms with Gasteiger partial charge in [0.25, 0.3) is 0 Å². The molecule has 5 aromatic carbocycles. The molecule has 246 valence electrons. The summed E-state index contributed by atoms with van der Waals surface area (Å²) in [6, 6.07) is 43.0. The SMILES string of the molecule is CC(C)CC(Cc1cccc(-n2c3ccccc3c3cc(C4=CC(n5c6ccccc6c6ccccc65)=CCC4C)ccc32)c1)C(C)(C)C. The predicted molar refractivity (Wildman–Crippen MR) is 212 cm³/mol. The highest BCUT2D eigenvalue weighted by molar-refractivity contribution is 6.12. The third kappa shape index (κ3) is 5.62. The molecular weight excluding hydrogens is 593 g/mol. The smallest absolute Gasteiger partial charge is 0.0541 e. The van der Waals surface area contributed by atoms with Gasteiger partial charge in [0.1, 0.15) is 0 Å². The van der Waals surface area contributed by atoms with E-state index in [2.05, 4.69) is 178 Å². The molecule has 0 saturated carbocycles. The third-order valence-electron chi connectivity index (χ3n) is 11.0. The molecule has 0 aliphatic heterocycles. The standard InChI is InChI=1S/C47H48N2/c1-31(2)26-35(47(4,5)6)27-33-14-13-15-36(28-33)48-45-21-12-9-18-40(45)42-29-34(23-25-46(42)48)41-30-37(24-22-32(41)3)49-43-19-10-7-16-38(43)39-17-8-11-20-44(39)49/h7-21,23-25,28-32,35H,22,26-27H2,1-6H3. The van der Waals surface area contributed by atoms with E-state index in [9.17, 15) is 0 Å². The van der Waals surface area contributed by atoms with Crippen molar-refractivity contribution >= 4 is 54.9 Å². The van der Waals surface area contributed by atoms with Crippen molar-refractivity contribution in [2.45, 2.75) is 60.8 Å². The van der Waals surface area contributed by atoms with Crippen LogP contribution in [0.1, 0.15) is 65.5 Å². The monoisotopic (exact) mass is 640 g/mol. The Kier molecular flexibility index (Phi) is 7.86. The molecule has 2 atom stereocenters. The first kappa shape index (κ1) is 31.4. The maximum Gasteiger partial charge on any atom is 0.0541 e. The molecule has 8 rings (SSSR count). The van der Waals surface area contributed by atoms with Gasteiger partial charge in [0.05, 0.1) is 22.1 Å². The van der Waals surface area contributed by atoms with Crippen molar-refractivity contribution in [3.8, 4) is 5.69 Å². The van der Waals surface area contributed by atoms with Crippen LogP contribution in [0.25, 0.3) is 60.6 Å². The number of allylic oxidation sites excluding steroid dienone is 4. The van der Waals surface area contributed by atoms with E-state index in [0.29, 0.717) is 17.8 Å². The summed E-state index contributed by atoms with van der Waals surface area (Å²) in [5.41, 5.74) is 12.0. The second kappa shape index (κ2) is 12.3. The van der Waals surface area contributed by atoms with Crippen LogP contribution in [-0.2, 0) is 6.42 Å². The van der Waals surface area contributed by atoms with Gasteiger partial charge in [-0.1, -0.05) is 120 Å². The first-order valence-corrected chi connectivity index (χ1v) is 18.2. The summed E-state index contributed by atoms with van der Waals surface area (Å²) in [5, 5.41) is 5.23. The van der Waals surface area contributed by atoms with E-state index in [1.54, 1.807) is 0 Å². The molecule has 0 N–H and O–H groups in total.